The Hall–Kier alpha value is -3.34. The second kappa shape index (κ2) is 6.37. The fraction of sp³-hybridized carbons (Fsp3) is 0.217. The highest BCUT2D eigenvalue weighted by Crippen LogP contribution is 2.46. The average molecular weight is 373 g/mol. The van der Waals surface area contributed by atoms with Gasteiger partial charge in [-0.15, -0.1) is 0 Å². The van der Waals surface area contributed by atoms with Crippen LogP contribution >= 0.6 is 0 Å². The Labute approximate surface area is 161 Å². The first-order chi connectivity index (χ1) is 13.7. The summed E-state index contributed by atoms with van der Waals surface area (Å²) >= 11 is 0. The van der Waals surface area contributed by atoms with Crippen molar-refractivity contribution in [3.05, 3.63) is 81.3 Å². The van der Waals surface area contributed by atoms with Crippen molar-refractivity contribution in [2.75, 3.05) is 12.4 Å². The molecule has 0 spiro atoms. The number of carbonyl (C=O) groups excluding carboxylic acids is 1. The van der Waals surface area contributed by atoms with Gasteiger partial charge in [0.25, 0.3) is 0 Å². The molecule has 0 bridgehead atoms. The van der Waals surface area contributed by atoms with Crippen molar-refractivity contribution in [1.29, 1.82) is 0 Å². The van der Waals surface area contributed by atoms with E-state index in [9.17, 15) is 9.59 Å². The average Bonchev–Trinajstić information content (AvgIpc) is 2.73. The van der Waals surface area contributed by atoms with E-state index in [1.807, 2.05) is 42.5 Å². The molecule has 5 heteroatoms. The van der Waals surface area contributed by atoms with Crippen LogP contribution in [0, 0.1) is 0 Å². The number of carbonyl (C=O) groups is 1. The molecule has 0 amide bonds. The summed E-state index contributed by atoms with van der Waals surface area (Å²) in [6.45, 7) is 0. The van der Waals surface area contributed by atoms with Gasteiger partial charge < -0.3 is 14.5 Å². The second-order valence-corrected chi connectivity index (χ2v) is 7.17. The fourth-order valence-corrected chi connectivity index (χ4v) is 4.31. The highest BCUT2D eigenvalue weighted by molar-refractivity contribution is 6.03. The van der Waals surface area contributed by atoms with E-state index in [2.05, 4.69) is 5.32 Å². The van der Waals surface area contributed by atoms with E-state index in [1.54, 1.807) is 13.2 Å². The van der Waals surface area contributed by atoms with Crippen molar-refractivity contribution in [2.24, 2.45) is 0 Å². The molecule has 2 heterocycles. The lowest BCUT2D eigenvalue weighted by Crippen LogP contribution is -2.30. The zero-order valence-corrected chi connectivity index (χ0v) is 15.5. The molecular weight excluding hydrogens is 354 g/mol. The van der Waals surface area contributed by atoms with Crippen molar-refractivity contribution < 1.29 is 13.9 Å². The van der Waals surface area contributed by atoms with Crippen LogP contribution in [0.2, 0.25) is 0 Å². The van der Waals surface area contributed by atoms with Crippen molar-refractivity contribution in [3.8, 4) is 5.75 Å². The number of rotatable bonds is 2. The van der Waals surface area contributed by atoms with E-state index in [0.717, 1.165) is 40.9 Å². The molecule has 5 rings (SSSR count). The van der Waals surface area contributed by atoms with E-state index >= 15 is 0 Å². The van der Waals surface area contributed by atoms with Crippen molar-refractivity contribution in [1.82, 2.24) is 0 Å². The van der Waals surface area contributed by atoms with Gasteiger partial charge in [0.2, 0.25) is 0 Å². The number of hydrogen-bond donors (Lipinski definition) is 1. The van der Waals surface area contributed by atoms with Gasteiger partial charge in [-0.25, -0.2) is 4.79 Å². The van der Waals surface area contributed by atoms with Crippen molar-refractivity contribution in [2.45, 2.75) is 25.2 Å². The van der Waals surface area contributed by atoms with Crippen LogP contribution in [-0.4, -0.2) is 12.9 Å². The molecule has 1 aliphatic heterocycles. The summed E-state index contributed by atoms with van der Waals surface area (Å²) in [5, 5.41) is 4.26. The smallest absolute Gasteiger partial charge is 0.342 e. The van der Waals surface area contributed by atoms with E-state index in [1.165, 1.54) is 0 Å². The van der Waals surface area contributed by atoms with E-state index in [4.69, 9.17) is 9.15 Å². The van der Waals surface area contributed by atoms with Gasteiger partial charge in [-0.3, -0.25) is 4.79 Å². The Kier molecular flexibility index (Phi) is 3.83. The first-order valence-electron chi connectivity index (χ1n) is 9.40. The third-order valence-corrected chi connectivity index (χ3v) is 5.61. The van der Waals surface area contributed by atoms with Gasteiger partial charge in [-0.1, -0.05) is 24.3 Å². The maximum Gasteiger partial charge on any atom is 0.342 e. The lowest BCUT2D eigenvalue weighted by atomic mass is 9.75. The van der Waals surface area contributed by atoms with Crippen molar-refractivity contribution >= 4 is 22.4 Å². The molecule has 0 fully saturated rings. The number of hydrogen-bond acceptors (Lipinski definition) is 5. The van der Waals surface area contributed by atoms with Crippen LogP contribution in [0.5, 0.6) is 5.75 Å². The van der Waals surface area contributed by atoms with Gasteiger partial charge in [0.15, 0.2) is 5.78 Å². The van der Waals surface area contributed by atoms with E-state index in [0.29, 0.717) is 23.1 Å². The molecule has 5 nitrogen and oxygen atoms in total. The summed E-state index contributed by atoms with van der Waals surface area (Å²) in [5.41, 5.74) is 3.87. The first-order valence-corrected chi connectivity index (χ1v) is 9.40. The van der Waals surface area contributed by atoms with Gasteiger partial charge in [0.1, 0.15) is 11.3 Å². The highest BCUT2D eigenvalue weighted by atomic mass is 16.5. The summed E-state index contributed by atoms with van der Waals surface area (Å²) in [4.78, 5) is 25.9. The maximum atomic E-state index is 13.0. The molecule has 2 aliphatic rings. The number of fused-ring (bicyclic) bond motifs is 3. The predicted molar refractivity (Wildman–Crippen MR) is 107 cm³/mol. The fourth-order valence-electron chi connectivity index (χ4n) is 4.31. The minimum Gasteiger partial charge on any atom is -0.497 e. The largest absolute Gasteiger partial charge is 0.497 e. The van der Waals surface area contributed by atoms with Gasteiger partial charge in [-0.05, 0) is 42.7 Å². The molecule has 1 aromatic heterocycles. The molecule has 0 saturated carbocycles. The lowest BCUT2D eigenvalue weighted by Gasteiger charge is -2.33. The van der Waals surface area contributed by atoms with E-state index in [-0.39, 0.29) is 5.78 Å². The van der Waals surface area contributed by atoms with Crippen molar-refractivity contribution in [3.63, 3.8) is 0 Å². The summed E-state index contributed by atoms with van der Waals surface area (Å²) in [5.74, 6) is 0.381. The standard InChI is InChI=1S/C23H19NO4/c1-27-14-11-9-13(10-12-14)19-20-16(6-4-7-17(20)25)24-22-15-5-2-3-8-18(15)28-23(26)21(19)22/h2-3,5,8-12,19,24H,4,6-7H2,1H3. The Morgan fingerprint density at radius 3 is 2.61 bits per heavy atom. The Bertz CT molecular complexity index is 1190. The van der Waals surface area contributed by atoms with Gasteiger partial charge in [-0.2, -0.15) is 0 Å². The lowest BCUT2D eigenvalue weighted by molar-refractivity contribution is -0.116. The Morgan fingerprint density at radius 2 is 1.82 bits per heavy atom. The van der Waals surface area contributed by atoms with Crippen LogP contribution in [-0.2, 0) is 4.79 Å². The maximum absolute atomic E-state index is 13.0. The SMILES string of the molecule is COc1ccc(C2C3=C(CCCC3=O)Nc3c2c(=O)oc2ccccc32)cc1. The van der Waals surface area contributed by atoms with Crippen LogP contribution in [0.1, 0.15) is 36.3 Å². The monoisotopic (exact) mass is 373 g/mol. The van der Waals surface area contributed by atoms with Crippen LogP contribution < -0.4 is 15.7 Å². The number of ketones is 1. The molecule has 140 valence electrons. The summed E-state index contributed by atoms with van der Waals surface area (Å²) in [6.07, 6.45) is 2.11. The summed E-state index contributed by atoms with van der Waals surface area (Å²) in [7, 11) is 1.61. The molecule has 2 aromatic carbocycles. The molecule has 0 saturated heterocycles. The predicted octanol–water partition coefficient (Wildman–Crippen LogP) is 4.37. The quantitative estimate of drug-likeness (QED) is 0.676. The zero-order valence-electron chi connectivity index (χ0n) is 15.5. The molecule has 28 heavy (non-hydrogen) atoms. The van der Waals surface area contributed by atoms with Crippen LogP contribution in [0.3, 0.4) is 0 Å². The number of methoxy groups -OCH3 is 1. The molecule has 1 atom stereocenters. The molecular formula is C23H19NO4. The zero-order chi connectivity index (χ0) is 19.3. The van der Waals surface area contributed by atoms with Crippen LogP contribution in [0.25, 0.3) is 11.0 Å². The molecule has 3 aromatic rings. The minimum atomic E-state index is -0.439. The Morgan fingerprint density at radius 1 is 1.04 bits per heavy atom. The topological polar surface area (TPSA) is 68.5 Å². The number of benzene rings is 2. The third-order valence-electron chi connectivity index (χ3n) is 5.61. The van der Waals surface area contributed by atoms with E-state index < -0.39 is 11.5 Å². The third kappa shape index (κ3) is 2.47. The first kappa shape index (κ1) is 16.8. The Balaban J connectivity index is 1.82. The molecule has 1 aliphatic carbocycles. The number of allylic oxidation sites excluding steroid dienone is 2. The molecule has 1 unspecified atom stereocenters. The molecule has 1 N–H and O–H groups in total. The number of ether oxygens (including phenoxy) is 1. The summed E-state index contributed by atoms with van der Waals surface area (Å²) in [6, 6.07) is 15.0. The van der Waals surface area contributed by atoms with Crippen LogP contribution in [0.15, 0.2) is 69.0 Å². The number of para-hydroxylation sites is 1. The number of anilines is 1. The normalized spacial score (nSPS) is 18.5. The number of nitrogens with one attached hydrogen (secondary N) is 1. The van der Waals surface area contributed by atoms with Gasteiger partial charge >= 0.3 is 5.63 Å². The van der Waals surface area contributed by atoms with Crippen LogP contribution in [0.4, 0.5) is 5.69 Å². The van der Waals surface area contributed by atoms with Gasteiger partial charge in [0, 0.05) is 29.0 Å². The second-order valence-electron chi connectivity index (χ2n) is 7.17. The van der Waals surface area contributed by atoms with Gasteiger partial charge in [0.05, 0.1) is 18.4 Å². The summed E-state index contributed by atoms with van der Waals surface area (Å²) < 4.78 is 10.9. The number of Topliss-reactive ketones (excluding diaryl/α,β-unsaturated/α-hetero) is 1. The minimum absolute atomic E-state index is 0.0905. The highest BCUT2D eigenvalue weighted by Gasteiger charge is 2.38. The molecule has 0 radical (unpaired) electrons.